The minimum Gasteiger partial charge on any atom is -0.381 e. The van der Waals surface area contributed by atoms with Crippen molar-refractivity contribution in [2.24, 2.45) is 5.41 Å². The Balaban J connectivity index is 1.66. The largest absolute Gasteiger partial charge is 0.381 e. The number of ether oxygens (including phenoxy) is 2. The number of carbonyl (C=O) groups excluding carboxylic acids is 1. The van der Waals surface area contributed by atoms with Crippen molar-refractivity contribution >= 4 is 34.7 Å². The Bertz CT molecular complexity index is 872. The second-order valence-electron chi connectivity index (χ2n) is 7.88. The molecule has 0 aliphatic carbocycles. The molecule has 2 aliphatic heterocycles. The molecule has 0 spiro atoms. The van der Waals surface area contributed by atoms with Crippen molar-refractivity contribution in [2.45, 2.75) is 45.1 Å². The zero-order valence-corrected chi connectivity index (χ0v) is 18.0. The Hall–Kier alpha value is -1.48. The third kappa shape index (κ3) is 4.35. The van der Waals surface area contributed by atoms with Gasteiger partial charge in [-0.25, -0.2) is 4.39 Å². The Morgan fingerprint density at radius 3 is 2.66 bits per heavy atom. The summed E-state index contributed by atoms with van der Waals surface area (Å²) < 4.78 is 28.2. The van der Waals surface area contributed by atoms with E-state index in [1.165, 1.54) is 16.0 Å². The molecule has 2 fully saturated rings. The fourth-order valence-corrected chi connectivity index (χ4v) is 4.88. The maximum Gasteiger partial charge on any atom is 0.254 e. The molecule has 2 aromatic rings. The summed E-state index contributed by atoms with van der Waals surface area (Å²) in [7, 11) is 0. The summed E-state index contributed by atoms with van der Waals surface area (Å²) in [6.07, 6.45) is 2.60. The molecule has 0 radical (unpaired) electrons. The van der Waals surface area contributed by atoms with Crippen molar-refractivity contribution in [3.8, 4) is 0 Å². The highest BCUT2D eigenvalue weighted by Crippen LogP contribution is 2.36. The highest BCUT2D eigenvalue weighted by Gasteiger charge is 2.39. The number of aromatic nitrogens is 2. The summed E-state index contributed by atoms with van der Waals surface area (Å²) in [5.41, 5.74) is -0.268. The van der Waals surface area contributed by atoms with E-state index in [0.717, 1.165) is 4.88 Å². The number of hydrogen-bond donors (Lipinski definition) is 1. The number of rotatable bonds is 5. The number of hydrogen-bond acceptors (Lipinski definition) is 6. The van der Waals surface area contributed by atoms with E-state index in [1.54, 1.807) is 6.07 Å². The van der Waals surface area contributed by atoms with E-state index >= 15 is 4.39 Å². The second-order valence-corrected chi connectivity index (χ2v) is 9.68. The molecule has 9 heteroatoms. The van der Waals surface area contributed by atoms with Crippen molar-refractivity contribution in [3.05, 3.63) is 32.9 Å². The molecule has 4 heterocycles. The normalized spacial score (nSPS) is 20.0. The second kappa shape index (κ2) is 8.71. The molecule has 2 saturated heterocycles. The fraction of sp³-hybridized carbons (Fsp3) is 0.600. The highest BCUT2D eigenvalue weighted by atomic mass is 35.5. The standard InChI is InChI=1S/C20H25ClFN3O3S/c1-20(6-10-28-11-7-20)19(26)25-18(23-12-14-2-3-15(21)29-14)16(22)17(24-25)13-4-8-27-9-5-13/h2-3,13,23H,4-12H2,1H3. The summed E-state index contributed by atoms with van der Waals surface area (Å²) in [5, 5.41) is 7.58. The quantitative estimate of drug-likeness (QED) is 0.728. The Morgan fingerprint density at radius 2 is 2.00 bits per heavy atom. The van der Waals surface area contributed by atoms with Crippen molar-refractivity contribution in [2.75, 3.05) is 31.7 Å². The molecule has 2 aliphatic rings. The first-order valence-corrected chi connectivity index (χ1v) is 11.1. The lowest BCUT2D eigenvalue weighted by atomic mass is 9.81. The molecule has 0 atom stereocenters. The van der Waals surface area contributed by atoms with Crippen LogP contribution in [0.15, 0.2) is 12.1 Å². The molecule has 0 unspecified atom stereocenters. The minimum absolute atomic E-state index is 0.0444. The van der Waals surface area contributed by atoms with Gasteiger partial charge in [-0.05, 0) is 37.8 Å². The predicted molar refractivity (Wildman–Crippen MR) is 110 cm³/mol. The predicted octanol–water partition coefficient (Wildman–Crippen LogP) is 4.70. The number of nitrogens with zero attached hydrogens (tertiary/aromatic N) is 2. The van der Waals surface area contributed by atoms with Crippen LogP contribution >= 0.6 is 22.9 Å². The van der Waals surface area contributed by atoms with Crippen LogP contribution in [0.3, 0.4) is 0 Å². The van der Waals surface area contributed by atoms with Crippen molar-refractivity contribution in [1.29, 1.82) is 0 Å². The van der Waals surface area contributed by atoms with E-state index < -0.39 is 11.2 Å². The molecule has 0 aromatic carbocycles. The molecular formula is C20H25ClFN3O3S. The van der Waals surface area contributed by atoms with Crippen LogP contribution in [-0.4, -0.2) is 42.1 Å². The highest BCUT2D eigenvalue weighted by molar-refractivity contribution is 7.16. The van der Waals surface area contributed by atoms with Crippen LogP contribution in [0.4, 0.5) is 10.2 Å². The minimum atomic E-state index is -0.619. The third-order valence-corrected chi connectivity index (χ3v) is 7.06. The topological polar surface area (TPSA) is 65.4 Å². The monoisotopic (exact) mass is 441 g/mol. The van der Waals surface area contributed by atoms with Gasteiger partial charge in [0.15, 0.2) is 11.6 Å². The van der Waals surface area contributed by atoms with Gasteiger partial charge in [0.05, 0.1) is 16.3 Å². The molecular weight excluding hydrogens is 417 g/mol. The molecule has 0 amide bonds. The molecule has 6 nitrogen and oxygen atoms in total. The summed E-state index contributed by atoms with van der Waals surface area (Å²) in [4.78, 5) is 14.4. The smallest absolute Gasteiger partial charge is 0.254 e. The lowest BCUT2D eigenvalue weighted by Crippen LogP contribution is -2.38. The molecule has 0 bridgehead atoms. The van der Waals surface area contributed by atoms with Crippen molar-refractivity contribution in [3.63, 3.8) is 0 Å². The van der Waals surface area contributed by atoms with Crippen LogP contribution in [-0.2, 0) is 16.0 Å². The Kier molecular flexibility index (Phi) is 6.24. The van der Waals surface area contributed by atoms with Crippen molar-refractivity contribution < 1.29 is 18.7 Å². The number of halogens is 2. The SMILES string of the molecule is CC1(C(=O)n2nc(C3CCOCC3)c(F)c2NCc2ccc(Cl)s2)CCOCC1. The van der Waals surface area contributed by atoms with E-state index in [1.807, 2.05) is 13.0 Å². The van der Waals surface area contributed by atoms with E-state index in [2.05, 4.69) is 10.4 Å². The van der Waals surface area contributed by atoms with Gasteiger partial charge in [0.1, 0.15) is 5.69 Å². The molecule has 0 saturated carbocycles. The number of carbonyl (C=O) groups is 1. The van der Waals surface area contributed by atoms with Gasteiger partial charge in [0.25, 0.3) is 5.91 Å². The van der Waals surface area contributed by atoms with Crippen LogP contribution in [0.1, 0.15) is 53.9 Å². The first-order valence-electron chi connectivity index (χ1n) is 9.95. The van der Waals surface area contributed by atoms with E-state index in [9.17, 15) is 4.79 Å². The summed E-state index contributed by atoms with van der Waals surface area (Å²) in [6, 6.07) is 3.69. The van der Waals surface area contributed by atoms with Gasteiger partial charge < -0.3 is 14.8 Å². The lowest BCUT2D eigenvalue weighted by Gasteiger charge is -2.31. The van der Waals surface area contributed by atoms with Crippen LogP contribution in [0, 0.1) is 11.2 Å². The summed E-state index contributed by atoms with van der Waals surface area (Å²) in [5.74, 6) is -0.543. The average Bonchev–Trinajstić information content (AvgIpc) is 3.30. The molecule has 29 heavy (non-hydrogen) atoms. The van der Waals surface area contributed by atoms with Crippen LogP contribution in [0.2, 0.25) is 4.34 Å². The van der Waals surface area contributed by atoms with Gasteiger partial charge in [0, 0.05) is 37.2 Å². The summed E-state index contributed by atoms with van der Waals surface area (Å²) >= 11 is 7.42. The first kappa shape index (κ1) is 20.8. The zero-order valence-electron chi connectivity index (χ0n) is 16.4. The van der Waals surface area contributed by atoms with Crippen LogP contribution < -0.4 is 5.32 Å². The van der Waals surface area contributed by atoms with Crippen molar-refractivity contribution in [1.82, 2.24) is 9.78 Å². The lowest BCUT2D eigenvalue weighted by molar-refractivity contribution is 0.0168. The van der Waals surface area contributed by atoms with Crippen LogP contribution in [0.25, 0.3) is 0 Å². The Morgan fingerprint density at radius 1 is 1.31 bits per heavy atom. The summed E-state index contributed by atoms with van der Waals surface area (Å²) in [6.45, 7) is 4.49. The fourth-order valence-electron chi connectivity index (χ4n) is 3.86. The van der Waals surface area contributed by atoms with E-state index in [0.29, 0.717) is 68.7 Å². The number of anilines is 1. The van der Waals surface area contributed by atoms with Gasteiger partial charge in [-0.2, -0.15) is 9.78 Å². The third-order valence-electron chi connectivity index (χ3n) is 5.82. The van der Waals surface area contributed by atoms with E-state index in [-0.39, 0.29) is 17.6 Å². The van der Waals surface area contributed by atoms with Gasteiger partial charge >= 0.3 is 0 Å². The van der Waals surface area contributed by atoms with Gasteiger partial charge in [-0.3, -0.25) is 4.79 Å². The molecule has 1 N–H and O–H groups in total. The first-order chi connectivity index (χ1) is 14.0. The molecule has 2 aromatic heterocycles. The van der Waals surface area contributed by atoms with Gasteiger partial charge in [-0.1, -0.05) is 18.5 Å². The zero-order chi connectivity index (χ0) is 20.4. The molecule has 4 rings (SSSR count). The van der Waals surface area contributed by atoms with Gasteiger partial charge in [-0.15, -0.1) is 11.3 Å². The maximum atomic E-state index is 15.5. The van der Waals surface area contributed by atoms with E-state index in [4.69, 9.17) is 21.1 Å². The van der Waals surface area contributed by atoms with Gasteiger partial charge in [0.2, 0.25) is 0 Å². The van der Waals surface area contributed by atoms with Crippen LogP contribution in [0.5, 0.6) is 0 Å². The number of nitrogens with one attached hydrogen (secondary N) is 1. The number of thiophene rings is 1. The average molecular weight is 442 g/mol. The maximum absolute atomic E-state index is 15.5. The Labute approximate surface area is 178 Å². The molecule has 158 valence electrons.